The summed E-state index contributed by atoms with van der Waals surface area (Å²) in [4.78, 5) is 8.46. The standard InChI is InChI=1S/C17H15F2N3O/c18-16(19)10-23-13-5-3-4-12(8-13)9-20-17-14-6-1-2-7-15(14)21-11-22-17/h1-8,11,16H,9-10H2,(H,20,21,22). The first-order chi connectivity index (χ1) is 11.2. The van der Waals surface area contributed by atoms with E-state index in [4.69, 9.17) is 4.74 Å². The number of rotatable bonds is 6. The molecule has 23 heavy (non-hydrogen) atoms. The normalized spacial score (nSPS) is 10.9. The van der Waals surface area contributed by atoms with Gasteiger partial charge in [0.15, 0.2) is 0 Å². The average molecular weight is 315 g/mol. The van der Waals surface area contributed by atoms with E-state index in [2.05, 4.69) is 15.3 Å². The Morgan fingerprint density at radius 3 is 2.78 bits per heavy atom. The lowest BCUT2D eigenvalue weighted by Gasteiger charge is -2.10. The van der Waals surface area contributed by atoms with Crippen molar-refractivity contribution in [1.29, 1.82) is 0 Å². The molecule has 1 N–H and O–H groups in total. The molecular formula is C17H15F2N3O. The van der Waals surface area contributed by atoms with Gasteiger partial charge in [-0.1, -0.05) is 24.3 Å². The third-order valence-electron chi connectivity index (χ3n) is 3.28. The van der Waals surface area contributed by atoms with Crippen LogP contribution in [0.25, 0.3) is 10.9 Å². The van der Waals surface area contributed by atoms with Gasteiger partial charge >= 0.3 is 0 Å². The molecule has 6 heteroatoms. The molecule has 3 aromatic rings. The number of anilines is 1. The van der Waals surface area contributed by atoms with Gasteiger partial charge < -0.3 is 10.1 Å². The Balaban J connectivity index is 1.71. The van der Waals surface area contributed by atoms with Crippen LogP contribution in [0.2, 0.25) is 0 Å². The number of ether oxygens (including phenoxy) is 1. The first-order valence-corrected chi connectivity index (χ1v) is 7.16. The van der Waals surface area contributed by atoms with Gasteiger partial charge in [-0.25, -0.2) is 18.7 Å². The van der Waals surface area contributed by atoms with Gasteiger partial charge in [-0.05, 0) is 29.8 Å². The summed E-state index contributed by atoms with van der Waals surface area (Å²) in [5.41, 5.74) is 1.78. The topological polar surface area (TPSA) is 47.0 Å². The van der Waals surface area contributed by atoms with Gasteiger partial charge in [0.05, 0.1) is 5.52 Å². The average Bonchev–Trinajstić information content (AvgIpc) is 2.58. The maximum absolute atomic E-state index is 12.2. The van der Waals surface area contributed by atoms with Crippen LogP contribution in [0.5, 0.6) is 5.75 Å². The Morgan fingerprint density at radius 2 is 1.91 bits per heavy atom. The van der Waals surface area contributed by atoms with E-state index in [0.717, 1.165) is 22.3 Å². The quantitative estimate of drug-likeness (QED) is 0.750. The van der Waals surface area contributed by atoms with Gasteiger partial charge in [-0.3, -0.25) is 0 Å². The number of fused-ring (bicyclic) bond motifs is 1. The summed E-state index contributed by atoms with van der Waals surface area (Å²) in [6, 6.07) is 14.8. The van der Waals surface area contributed by atoms with Crippen LogP contribution >= 0.6 is 0 Å². The van der Waals surface area contributed by atoms with Crippen LogP contribution in [-0.2, 0) is 6.54 Å². The number of para-hydroxylation sites is 1. The highest BCUT2D eigenvalue weighted by atomic mass is 19.3. The second-order valence-electron chi connectivity index (χ2n) is 4.94. The molecule has 0 atom stereocenters. The van der Waals surface area contributed by atoms with Crippen LogP contribution in [0.3, 0.4) is 0 Å². The first-order valence-electron chi connectivity index (χ1n) is 7.16. The number of nitrogens with one attached hydrogen (secondary N) is 1. The molecule has 0 amide bonds. The molecule has 0 bridgehead atoms. The Morgan fingerprint density at radius 1 is 1.04 bits per heavy atom. The number of halogens is 2. The van der Waals surface area contributed by atoms with Crippen molar-refractivity contribution in [2.24, 2.45) is 0 Å². The highest BCUT2D eigenvalue weighted by molar-refractivity contribution is 5.88. The zero-order valence-electron chi connectivity index (χ0n) is 12.2. The predicted molar refractivity (Wildman–Crippen MR) is 84.8 cm³/mol. The zero-order chi connectivity index (χ0) is 16.1. The summed E-state index contributed by atoms with van der Waals surface area (Å²) in [6.07, 6.45) is -0.975. The van der Waals surface area contributed by atoms with Crippen LogP contribution in [0.1, 0.15) is 5.56 Å². The van der Waals surface area contributed by atoms with Gasteiger partial charge in [0.2, 0.25) is 0 Å². The summed E-state index contributed by atoms with van der Waals surface area (Å²) in [5, 5.41) is 4.17. The predicted octanol–water partition coefficient (Wildman–Crippen LogP) is 3.89. The largest absolute Gasteiger partial charge is 0.488 e. The molecule has 0 fully saturated rings. The van der Waals surface area contributed by atoms with E-state index in [1.165, 1.54) is 6.33 Å². The van der Waals surface area contributed by atoms with Crippen molar-refractivity contribution in [3.8, 4) is 5.75 Å². The smallest absolute Gasteiger partial charge is 0.272 e. The molecule has 0 unspecified atom stereocenters. The van der Waals surface area contributed by atoms with Crippen LogP contribution < -0.4 is 10.1 Å². The molecule has 1 aromatic heterocycles. The molecule has 3 rings (SSSR count). The van der Waals surface area contributed by atoms with E-state index in [-0.39, 0.29) is 0 Å². The number of alkyl halides is 2. The SMILES string of the molecule is FC(F)COc1cccc(CNc2ncnc3ccccc23)c1. The highest BCUT2D eigenvalue weighted by Crippen LogP contribution is 2.20. The van der Waals surface area contributed by atoms with Gasteiger partial charge in [0, 0.05) is 11.9 Å². The Labute approximate surface area is 132 Å². The van der Waals surface area contributed by atoms with Crippen molar-refractivity contribution in [2.75, 3.05) is 11.9 Å². The van der Waals surface area contributed by atoms with Crippen LogP contribution in [0, 0.1) is 0 Å². The fraction of sp³-hybridized carbons (Fsp3) is 0.176. The highest BCUT2D eigenvalue weighted by Gasteiger charge is 2.05. The van der Waals surface area contributed by atoms with Crippen LogP contribution in [0.15, 0.2) is 54.9 Å². The fourth-order valence-corrected chi connectivity index (χ4v) is 2.24. The van der Waals surface area contributed by atoms with E-state index < -0.39 is 13.0 Å². The molecule has 0 aliphatic carbocycles. The Kier molecular flexibility index (Phi) is 4.61. The molecule has 0 aliphatic rings. The molecule has 0 spiro atoms. The molecule has 0 aliphatic heterocycles. The van der Waals surface area contributed by atoms with E-state index in [9.17, 15) is 8.78 Å². The molecule has 118 valence electrons. The Bertz CT molecular complexity index is 790. The summed E-state index contributed by atoms with van der Waals surface area (Å²) in [7, 11) is 0. The second kappa shape index (κ2) is 7.00. The number of aromatic nitrogens is 2. The van der Waals surface area contributed by atoms with Crippen molar-refractivity contribution in [3.63, 3.8) is 0 Å². The molecular weight excluding hydrogens is 300 g/mol. The number of hydrogen-bond acceptors (Lipinski definition) is 4. The minimum atomic E-state index is -2.48. The third kappa shape index (κ3) is 3.91. The van der Waals surface area contributed by atoms with Crippen molar-refractivity contribution < 1.29 is 13.5 Å². The number of benzene rings is 2. The van der Waals surface area contributed by atoms with Crippen LogP contribution in [0.4, 0.5) is 14.6 Å². The maximum Gasteiger partial charge on any atom is 0.272 e. The maximum atomic E-state index is 12.2. The zero-order valence-corrected chi connectivity index (χ0v) is 12.2. The molecule has 0 radical (unpaired) electrons. The molecule has 0 saturated heterocycles. The van der Waals surface area contributed by atoms with Crippen molar-refractivity contribution >= 4 is 16.7 Å². The molecule has 0 saturated carbocycles. The van der Waals surface area contributed by atoms with Crippen molar-refractivity contribution in [1.82, 2.24) is 9.97 Å². The number of nitrogens with zero attached hydrogens (tertiary/aromatic N) is 2. The lowest BCUT2D eigenvalue weighted by molar-refractivity contribution is 0.0818. The van der Waals surface area contributed by atoms with Crippen molar-refractivity contribution in [2.45, 2.75) is 13.0 Å². The fourth-order valence-electron chi connectivity index (χ4n) is 2.24. The van der Waals surface area contributed by atoms with Gasteiger partial charge in [-0.15, -0.1) is 0 Å². The third-order valence-corrected chi connectivity index (χ3v) is 3.28. The van der Waals surface area contributed by atoms with E-state index in [1.807, 2.05) is 30.3 Å². The minimum Gasteiger partial charge on any atom is -0.488 e. The summed E-state index contributed by atoms with van der Waals surface area (Å²) >= 11 is 0. The molecule has 2 aromatic carbocycles. The van der Waals surface area contributed by atoms with E-state index in [1.54, 1.807) is 18.2 Å². The lowest BCUT2D eigenvalue weighted by atomic mass is 10.2. The molecule has 4 nitrogen and oxygen atoms in total. The van der Waals surface area contributed by atoms with E-state index >= 15 is 0 Å². The second-order valence-corrected chi connectivity index (χ2v) is 4.94. The van der Waals surface area contributed by atoms with Crippen molar-refractivity contribution in [3.05, 3.63) is 60.4 Å². The number of hydrogen-bond donors (Lipinski definition) is 1. The first kappa shape index (κ1) is 15.1. The van der Waals surface area contributed by atoms with Gasteiger partial charge in [0.1, 0.15) is 24.5 Å². The van der Waals surface area contributed by atoms with Crippen LogP contribution in [-0.4, -0.2) is 23.0 Å². The lowest BCUT2D eigenvalue weighted by Crippen LogP contribution is -2.07. The minimum absolute atomic E-state index is 0.428. The van der Waals surface area contributed by atoms with Gasteiger partial charge in [0.25, 0.3) is 6.43 Å². The summed E-state index contributed by atoms with van der Waals surface area (Å²) in [6.45, 7) is -0.0969. The molecule has 1 heterocycles. The summed E-state index contributed by atoms with van der Waals surface area (Å²) in [5.74, 6) is 1.16. The van der Waals surface area contributed by atoms with E-state index in [0.29, 0.717) is 12.3 Å². The summed E-state index contributed by atoms with van der Waals surface area (Å²) < 4.78 is 29.4. The van der Waals surface area contributed by atoms with Gasteiger partial charge in [-0.2, -0.15) is 0 Å². The monoisotopic (exact) mass is 315 g/mol. The Hall–Kier alpha value is -2.76.